The zero-order valence-electron chi connectivity index (χ0n) is 9.78. The zero-order valence-corrected chi connectivity index (χ0v) is 10.6. The molecule has 0 saturated heterocycles. The summed E-state index contributed by atoms with van der Waals surface area (Å²) in [6.45, 7) is 5.92. The fourth-order valence-electron chi connectivity index (χ4n) is 1.35. The largest absolute Gasteiger partial charge is 0.328 e. The maximum absolute atomic E-state index is 11.1. The molecule has 1 aromatic rings. The molecule has 0 bridgehead atoms. The second kappa shape index (κ2) is 6.33. The molecule has 1 amide bonds. The number of nitrogens with one attached hydrogen (secondary N) is 1. The Kier molecular flexibility index (Phi) is 5.05. The van der Waals surface area contributed by atoms with Crippen molar-refractivity contribution in [2.24, 2.45) is 0 Å². The predicted molar refractivity (Wildman–Crippen MR) is 68.8 cm³/mol. The number of aromatic nitrogens is 1. The molecule has 0 spiro atoms. The van der Waals surface area contributed by atoms with E-state index in [1.807, 2.05) is 32.9 Å². The predicted octanol–water partition coefficient (Wildman–Crippen LogP) is 2.66. The van der Waals surface area contributed by atoms with Gasteiger partial charge in [-0.25, -0.2) is 0 Å². The van der Waals surface area contributed by atoms with Crippen molar-refractivity contribution < 1.29 is 4.79 Å². The number of hydrogen-bond donors (Lipinski definition) is 1. The second-order valence-electron chi connectivity index (χ2n) is 3.03. The Morgan fingerprint density at radius 2 is 1.94 bits per heavy atom. The van der Waals surface area contributed by atoms with Crippen LogP contribution in [0.4, 0.5) is 0 Å². The van der Waals surface area contributed by atoms with Crippen LogP contribution in [0.3, 0.4) is 0 Å². The lowest BCUT2D eigenvalue weighted by Crippen LogP contribution is -2.27. The highest BCUT2D eigenvalue weighted by Gasteiger charge is 2.16. The van der Waals surface area contributed by atoms with Gasteiger partial charge in [-0.1, -0.05) is 13.8 Å². The van der Waals surface area contributed by atoms with Crippen molar-refractivity contribution in [3.05, 3.63) is 35.8 Å². The minimum Gasteiger partial charge on any atom is -0.328 e. The number of thioether (sulfide) groups is 1. The van der Waals surface area contributed by atoms with Crippen molar-refractivity contribution in [1.29, 1.82) is 0 Å². The molecule has 1 aliphatic heterocycles. The highest BCUT2D eigenvalue weighted by Crippen LogP contribution is 2.31. The van der Waals surface area contributed by atoms with E-state index in [2.05, 4.69) is 10.3 Å². The molecule has 1 N–H and O–H groups in total. The van der Waals surface area contributed by atoms with E-state index in [1.54, 1.807) is 24.2 Å². The van der Waals surface area contributed by atoms with Gasteiger partial charge in [0.1, 0.15) is 0 Å². The number of carbonyl (C=O) groups excluding carboxylic acids is 1. The fraction of sp³-hybridized carbons (Fsp3) is 0.333. The van der Waals surface area contributed by atoms with Gasteiger partial charge in [0.2, 0.25) is 5.91 Å². The Hall–Kier alpha value is -1.29. The number of carbonyl (C=O) groups is 1. The van der Waals surface area contributed by atoms with Crippen molar-refractivity contribution in [3.8, 4) is 0 Å². The minimum atomic E-state index is 0.0744. The molecule has 1 aliphatic rings. The average Bonchev–Trinajstić information content (AvgIpc) is 2.33. The molecule has 4 heteroatoms. The van der Waals surface area contributed by atoms with E-state index in [4.69, 9.17) is 0 Å². The maximum atomic E-state index is 11.1. The fourth-order valence-corrected chi connectivity index (χ4v) is 2.27. The van der Waals surface area contributed by atoms with Crippen LogP contribution in [0.1, 0.15) is 26.3 Å². The van der Waals surface area contributed by atoms with E-state index in [9.17, 15) is 4.79 Å². The molecule has 0 aromatic carbocycles. The van der Waals surface area contributed by atoms with Crippen LogP contribution in [-0.4, -0.2) is 16.6 Å². The Bertz CT molecular complexity index is 387. The molecule has 0 unspecified atom stereocenters. The van der Waals surface area contributed by atoms with Crippen LogP contribution in [0.25, 0.3) is 4.91 Å². The zero-order chi connectivity index (χ0) is 12.0. The summed E-state index contributed by atoms with van der Waals surface area (Å²) in [6.07, 6.45) is 3.51. The van der Waals surface area contributed by atoms with E-state index >= 15 is 0 Å². The summed E-state index contributed by atoms with van der Waals surface area (Å²) in [5.41, 5.74) is 2.04. The summed E-state index contributed by atoms with van der Waals surface area (Å²) >= 11 is 1.57. The molecule has 2 rings (SSSR count). The molecule has 0 radical (unpaired) electrons. The van der Waals surface area contributed by atoms with Gasteiger partial charge in [0.15, 0.2) is 0 Å². The highest BCUT2D eigenvalue weighted by atomic mass is 32.2. The molecule has 16 heavy (non-hydrogen) atoms. The topological polar surface area (TPSA) is 42.0 Å². The standard InChI is InChI=1S/C10H10N2OS.C2H6/c1-7-10(14-6-9(13)12-7)8-2-4-11-5-3-8;1-2/h2-5H,6H2,1H3,(H,12,13);1-2H3. The number of rotatable bonds is 1. The van der Waals surface area contributed by atoms with E-state index in [-0.39, 0.29) is 5.91 Å². The first-order valence-corrected chi connectivity index (χ1v) is 6.30. The number of nitrogens with zero attached hydrogens (tertiary/aromatic N) is 1. The summed E-state index contributed by atoms with van der Waals surface area (Å²) < 4.78 is 0. The van der Waals surface area contributed by atoms with Crippen LogP contribution in [0.5, 0.6) is 0 Å². The summed E-state index contributed by atoms with van der Waals surface area (Å²) in [7, 11) is 0. The van der Waals surface area contributed by atoms with Crippen molar-refractivity contribution in [1.82, 2.24) is 10.3 Å². The van der Waals surface area contributed by atoms with Crippen LogP contribution in [-0.2, 0) is 4.79 Å². The Morgan fingerprint density at radius 3 is 2.50 bits per heavy atom. The third-order valence-electron chi connectivity index (χ3n) is 1.96. The molecule has 3 nitrogen and oxygen atoms in total. The maximum Gasteiger partial charge on any atom is 0.234 e. The summed E-state index contributed by atoms with van der Waals surface area (Å²) in [6, 6.07) is 3.90. The number of allylic oxidation sites excluding steroid dienone is 1. The molecular formula is C12H16N2OS. The lowest BCUT2D eigenvalue weighted by molar-refractivity contribution is -0.117. The van der Waals surface area contributed by atoms with Crippen molar-refractivity contribution in [2.45, 2.75) is 20.8 Å². The highest BCUT2D eigenvalue weighted by molar-refractivity contribution is 8.09. The number of pyridine rings is 1. The quantitative estimate of drug-likeness (QED) is 0.815. The SMILES string of the molecule is CC.CC1=C(c2ccncc2)SCC(=O)N1. The normalized spacial score (nSPS) is 15.1. The van der Waals surface area contributed by atoms with Gasteiger partial charge >= 0.3 is 0 Å². The third kappa shape index (κ3) is 3.10. The first kappa shape index (κ1) is 12.8. The molecule has 0 atom stereocenters. The number of hydrogen-bond acceptors (Lipinski definition) is 3. The molecule has 0 aliphatic carbocycles. The molecule has 0 fully saturated rings. The lowest BCUT2D eigenvalue weighted by atomic mass is 10.2. The smallest absolute Gasteiger partial charge is 0.234 e. The Morgan fingerprint density at radius 1 is 1.31 bits per heavy atom. The van der Waals surface area contributed by atoms with E-state index in [0.29, 0.717) is 5.75 Å². The first-order valence-electron chi connectivity index (χ1n) is 5.31. The summed E-state index contributed by atoms with van der Waals surface area (Å²) in [5.74, 6) is 0.569. The van der Waals surface area contributed by atoms with Crippen LogP contribution in [0, 0.1) is 0 Å². The molecule has 1 aromatic heterocycles. The average molecular weight is 236 g/mol. The molecule has 0 saturated carbocycles. The lowest BCUT2D eigenvalue weighted by Gasteiger charge is -2.17. The van der Waals surface area contributed by atoms with Gasteiger partial charge in [-0.3, -0.25) is 9.78 Å². The van der Waals surface area contributed by atoms with Gasteiger partial charge in [-0.05, 0) is 24.6 Å². The Balaban J connectivity index is 0.000000606. The van der Waals surface area contributed by atoms with Crippen LogP contribution in [0.15, 0.2) is 30.2 Å². The van der Waals surface area contributed by atoms with Gasteiger partial charge < -0.3 is 5.32 Å². The summed E-state index contributed by atoms with van der Waals surface area (Å²) in [4.78, 5) is 16.2. The van der Waals surface area contributed by atoms with Crippen molar-refractivity contribution in [3.63, 3.8) is 0 Å². The second-order valence-corrected chi connectivity index (χ2v) is 4.01. The van der Waals surface area contributed by atoms with Crippen LogP contribution in [0.2, 0.25) is 0 Å². The van der Waals surface area contributed by atoms with Crippen molar-refractivity contribution in [2.75, 3.05) is 5.75 Å². The van der Waals surface area contributed by atoms with Gasteiger partial charge in [0.05, 0.1) is 5.75 Å². The van der Waals surface area contributed by atoms with Crippen LogP contribution >= 0.6 is 11.8 Å². The van der Waals surface area contributed by atoms with Gasteiger partial charge in [0.25, 0.3) is 0 Å². The van der Waals surface area contributed by atoms with E-state index in [1.165, 1.54) is 0 Å². The number of amides is 1. The molecule has 2 heterocycles. The Labute approximate surface area is 100 Å². The van der Waals surface area contributed by atoms with E-state index in [0.717, 1.165) is 16.2 Å². The first-order chi connectivity index (χ1) is 7.77. The van der Waals surface area contributed by atoms with E-state index < -0.39 is 0 Å². The minimum absolute atomic E-state index is 0.0744. The van der Waals surface area contributed by atoms with Gasteiger partial charge in [-0.2, -0.15) is 0 Å². The molecule has 86 valence electrons. The third-order valence-corrected chi connectivity index (χ3v) is 3.19. The van der Waals surface area contributed by atoms with Crippen molar-refractivity contribution >= 4 is 22.6 Å². The summed E-state index contributed by atoms with van der Waals surface area (Å²) in [5, 5.41) is 2.83. The molecular weight excluding hydrogens is 220 g/mol. The van der Waals surface area contributed by atoms with Crippen LogP contribution < -0.4 is 5.32 Å². The monoisotopic (exact) mass is 236 g/mol. The van der Waals surface area contributed by atoms with Gasteiger partial charge in [-0.15, -0.1) is 11.8 Å². The van der Waals surface area contributed by atoms with Gasteiger partial charge in [0, 0.05) is 23.0 Å².